The van der Waals surface area contributed by atoms with E-state index in [2.05, 4.69) is 31.3 Å². The Balaban J connectivity index is 0.000000622. The Hall–Kier alpha value is -6.51. The van der Waals surface area contributed by atoms with Gasteiger partial charge in [-0.2, -0.15) is 0 Å². The number of ether oxygens (including phenoxy) is 2. The molecule has 2 aromatic rings. The lowest BCUT2D eigenvalue weighted by atomic mass is 10.0. The Morgan fingerprint density at radius 1 is 0.667 bits per heavy atom. The normalized spacial score (nSPS) is 13.6. The van der Waals surface area contributed by atoms with Crippen LogP contribution in [0.4, 0.5) is 11.4 Å². The molecular formula is C39H55N7O14. The number of aliphatic hydroxyl groups is 1. The molecule has 0 heterocycles. The third-order valence-electron chi connectivity index (χ3n) is 8.46. The van der Waals surface area contributed by atoms with Gasteiger partial charge in [0.1, 0.15) is 30.2 Å². The van der Waals surface area contributed by atoms with Crippen molar-refractivity contribution < 1.29 is 58.0 Å². The minimum absolute atomic E-state index is 0.102. The van der Waals surface area contributed by atoms with Gasteiger partial charge >= 0.3 is 11.9 Å². The number of methoxy groups -OCH3 is 1. The molecule has 0 aliphatic heterocycles. The number of nitrogens with zero attached hydrogens (tertiary/aromatic N) is 2. The summed E-state index contributed by atoms with van der Waals surface area (Å²) < 4.78 is 9.59. The number of carbonyl (C=O) groups excluding carboxylic acids is 7. The molecule has 2 rings (SSSR count). The molecule has 0 fully saturated rings. The molecule has 0 aliphatic rings. The first-order valence-electron chi connectivity index (χ1n) is 19.0. The summed E-state index contributed by atoms with van der Waals surface area (Å²) in [4.78, 5) is 106. The Morgan fingerprint density at radius 3 is 1.50 bits per heavy atom. The lowest BCUT2D eigenvalue weighted by Gasteiger charge is -2.26. The average molecular weight is 846 g/mol. The number of non-ortho nitro benzene ring substituents is 2. The Bertz CT molecular complexity index is 1840. The number of aliphatic hydroxyl groups excluding tert-OH is 1. The number of hydrogen-bond acceptors (Lipinski definition) is 14. The molecule has 6 N–H and O–H groups in total. The van der Waals surface area contributed by atoms with E-state index >= 15 is 0 Å². The third-order valence-corrected chi connectivity index (χ3v) is 8.46. The van der Waals surface area contributed by atoms with E-state index in [1.54, 1.807) is 32.9 Å². The van der Waals surface area contributed by atoms with Crippen molar-refractivity contribution in [3.8, 4) is 0 Å². The SMILES string of the molecule is CCC[C@H](NC(=O)[C@H](C)NC(=O)Cc1cccc([N+](=O)[O-])c1)C(=O)OC.CCOC(=O)[C@@H](NC(=O)[C@@H](NC(=O)[C@H](C)NC(=O)Cc1cccc([N+](=O)[O-])c1)[C@@H](C)O)C(C)C. The smallest absolute Gasteiger partial charge is 0.328 e. The summed E-state index contributed by atoms with van der Waals surface area (Å²) in [5.74, 6) is -4.56. The molecule has 2 aromatic carbocycles. The second-order valence-electron chi connectivity index (χ2n) is 13.9. The van der Waals surface area contributed by atoms with Gasteiger partial charge in [-0.3, -0.25) is 44.2 Å². The number of hydrogen-bond donors (Lipinski definition) is 6. The summed E-state index contributed by atoms with van der Waals surface area (Å²) in [7, 11) is 1.24. The second kappa shape index (κ2) is 25.8. The summed E-state index contributed by atoms with van der Waals surface area (Å²) in [6.07, 6.45) is -0.503. The first kappa shape index (κ1) is 51.5. The van der Waals surface area contributed by atoms with Crippen LogP contribution in [0.25, 0.3) is 0 Å². The average Bonchev–Trinajstić information content (AvgIpc) is 3.18. The quantitative estimate of drug-likeness (QED) is 0.0587. The lowest BCUT2D eigenvalue weighted by molar-refractivity contribution is -0.385. The van der Waals surface area contributed by atoms with E-state index in [4.69, 9.17) is 4.74 Å². The minimum Gasteiger partial charge on any atom is -0.467 e. The van der Waals surface area contributed by atoms with Gasteiger partial charge in [0.2, 0.25) is 29.5 Å². The van der Waals surface area contributed by atoms with Crippen LogP contribution < -0.4 is 26.6 Å². The van der Waals surface area contributed by atoms with Crippen molar-refractivity contribution in [1.29, 1.82) is 0 Å². The summed E-state index contributed by atoms with van der Waals surface area (Å²) in [6.45, 7) is 11.2. The number of nitro benzene ring substituents is 2. The molecule has 0 spiro atoms. The molecule has 0 aliphatic carbocycles. The first-order chi connectivity index (χ1) is 28.1. The van der Waals surface area contributed by atoms with Crippen molar-refractivity contribution in [3.05, 3.63) is 79.9 Å². The maximum absolute atomic E-state index is 12.7. The van der Waals surface area contributed by atoms with Crippen LogP contribution in [0.5, 0.6) is 0 Å². The zero-order valence-corrected chi connectivity index (χ0v) is 34.8. The number of amides is 5. The predicted molar refractivity (Wildman–Crippen MR) is 215 cm³/mol. The highest BCUT2D eigenvalue weighted by Crippen LogP contribution is 2.15. The first-order valence-corrected chi connectivity index (χ1v) is 19.0. The molecule has 0 radical (unpaired) electrons. The van der Waals surface area contributed by atoms with Crippen molar-refractivity contribution in [3.63, 3.8) is 0 Å². The van der Waals surface area contributed by atoms with Crippen molar-refractivity contribution in [2.75, 3.05) is 13.7 Å². The highest BCUT2D eigenvalue weighted by molar-refractivity contribution is 5.94. The van der Waals surface area contributed by atoms with Crippen molar-refractivity contribution >= 4 is 52.8 Å². The van der Waals surface area contributed by atoms with Gasteiger partial charge in [0, 0.05) is 24.3 Å². The number of nitro groups is 2. The molecule has 0 aromatic heterocycles. The van der Waals surface area contributed by atoms with Crippen LogP contribution in [0.1, 0.15) is 72.4 Å². The van der Waals surface area contributed by atoms with Crippen molar-refractivity contribution in [1.82, 2.24) is 26.6 Å². The van der Waals surface area contributed by atoms with Gasteiger partial charge in [-0.05, 0) is 51.2 Å². The number of carbonyl (C=O) groups is 7. The van der Waals surface area contributed by atoms with Crippen molar-refractivity contribution in [2.24, 2.45) is 5.92 Å². The number of rotatable bonds is 21. The van der Waals surface area contributed by atoms with Crippen LogP contribution in [-0.4, -0.2) is 106 Å². The minimum atomic E-state index is -1.39. The van der Waals surface area contributed by atoms with Crippen LogP contribution in [0.3, 0.4) is 0 Å². The Morgan fingerprint density at radius 2 is 1.12 bits per heavy atom. The van der Waals surface area contributed by atoms with E-state index in [1.165, 1.54) is 64.3 Å². The lowest BCUT2D eigenvalue weighted by Crippen LogP contribution is -2.59. The molecule has 0 unspecified atom stereocenters. The molecule has 0 saturated carbocycles. The van der Waals surface area contributed by atoms with Crippen molar-refractivity contribution in [2.45, 2.75) is 110 Å². The van der Waals surface area contributed by atoms with Crippen LogP contribution in [0.2, 0.25) is 0 Å². The number of esters is 2. The maximum atomic E-state index is 12.7. The van der Waals surface area contributed by atoms with E-state index in [0.717, 1.165) is 0 Å². The topological polar surface area (TPSA) is 305 Å². The zero-order valence-electron chi connectivity index (χ0n) is 34.8. The molecule has 6 atom stereocenters. The van der Waals surface area contributed by atoms with Gasteiger partial charge in [-0.1, -0.05) is 51.5 Å². The van der Waals surface area contributed by atoms with E-state index in [0.29, 0.717) is 24.0 Å². The van der Waals surface area contributed by atoms with Gasteiger partial charge in [-0.15, -0.1) is 0 Å². The zero-order chi connectivity index (χ0) is 45.7. The van der Waals surface area contributed by atoms with Crippen LogP contribution in [0, 0.1) is 26.1 Å². The van der Waals surface area contributed by atoms with Gasteiger partial charge in [0.15, 0.2) is 0 Å². The summed E-state index contributed by atoms with van der Waals surface area (Å²) >= 11 is 0. The Labute approximate surface area is 347 Å². The standard InChI is InChI=1S/C22H32N4O8.C17H23N3O6/c1-6-34-22(31)18(12(2)3)24-21(30)19(14(5)27)25-20(29)13(4)23-17(28)11-15-8-7-9-16(10-15)26(32)33;1-4-6-14(17(23)26-3)19-16(22)11(2)18-15(21)10-12-7-5-8-13(9-12)20(24)25/h7-10,12-14,18-19,27H,6,11H2,1-5H3,(H,23,28)(H,24,30)(H,25,29);5,7-9,11,14H,4,6,10H2,1-3H3,(H,18,21)(H,19,22)/t13-,14+,18-,19-;11-,14-/m00/s1. The molecular weight excluding hydrogens is 790 g/mol. The van der Waals surface area contributed by atoms with E-state index in [1.807, 2.05) is 6.92 Å². The Kier molecular flexibility index (Phi) is 22.1. The number of nitrogens with one attached hydrogen (secondary N) is 5. The van der Waals surface area contributed by atoms with E-state index < -0.39 is 87.6 Å². The fourth-order valence-corrected chi connectivity index (χ4v) is 5.28. The predicted octanol–water partition coefficient (Wildman–Crippen LogP) is 1.31. The maximum Gasteiger partial charge on any atom is 0.328 e. The van der Waals surface area contributed by atoms with Crippen LogP contribution in [-0.2, 0) is 55.9 Å². The summed E-state index contributed by atoms with van der Waals surface area (Å²) in [5, 5.41) is 44.0. The van der Waals surface area contributed by atoms with Crippen LogP contribution >= 0.6 is 0 Å². The largest absolute Gasteiger partial charge is 0.467 e. The van der Waals surface area contributed by atoms with Gasteiger partial charge in [0.25, 0.3) is 11.4 Å². The van der Waals surface area contributed by atoms with E-state index in [-0.39, 0.29) is 36.7 Å². The fraction of sp³-hybridized carbons (Fsp3) is 0.513. The highest BCUT2D eigenvalue weighted by Gasteiger charge is 2.33. The van der Waals surface area contributed by atoms with E-state index in [9.17, 15) is 58.9 Å². The molecule has 60 heavy (non-hydrogen) atoms. The molecule has 0 bridgehead atoms. The third kappa shape index (κ3) is 18.0. The molecule has 21 heteroatoms. The summed E-state index contributed by atoms with van der Waals surface area (Å²) in [6, 6.07) is 6.17. The highest BCUT2D eigenvalue weighted by atomic mass is 16.6. The van der Waals surface area contributed by atoms with Crippen LogP contribution in [0.15, 0.2) is 48.5 Å². The monoisotopic (exact) mass is 845 g/mol. The molecule has 5 amide bonds. The molecule has 330 valence electrons. The van der Waals surface area contributed by atoms with Gasteiger partial charge in [-0.25, -0.2) is 9.59 Å². The van der Waals surface area contributed by atoms with Gasteiger partial charge in [0.05, 0.1) is 42.5 Å². The summed E-state index contributed by atoms with van der Waals surface area (Å²) in [5.41, 5.74) is 0.577. The van der Waals surface area contributed by atoms with Gasteiger partial charge < -0.3 is 41.2 Å². The fourth-order valence-electron chi connectivity index (χ4n) is 5.28. The second-order valence-corrected chi connectivity index (χ2v) is 13.9. The number of benzene rings is 2. The molecule has 0 saturated heterocycles. The molecule has 21 nitrogen and oxygen atoms in total.